The lowest BCUT2D eigenvalue weighted by molar-refractivity contribution is -0.147. The Balaban J connectivity index is 1.55. The minimum Gasteiger partial charge on any atom is -0.493 e. The van der Waals surface area contributed by atoms with Gasteiger partial charge in [-0.1, -0.05) is 42.5 Å². The van der Waals surface area contributed by atoms with Crippen molar-refractivity contribution in [3.8, 4) is 11.5 Å². The number of nitrogens with zero attached hydrogens (tertiary/aromatic N) is 1. The van der Waals surface area contributed by atoms with Crippen LogP contribution in [0.2, 0.25) is 0 Å². The average molecular weight is 473 g/mol. The molecule has 8 heteroatoms. The number of Topliss-reactive ketones (excluding diaryl/α,β-unsaturated/α-hetero) is 1. The molecule has 1 aliphatic rings. The number of ether oxygens (including phenoxy) is 3. The number of carbonyl (C=O) groups excluding carboxylic acids is 4. The van der Waals surface area contributed by atoms with Crippen LogP contribution in [-0.2, 0) is 16.0 Å². The van der Waals surface area contributed by atoms with Crippen LogP contribution in [0.5, 0.6) is 11.5 Å². The highest BCUT2D eigenvalue weighted by Crippen LogP contribution is 2.28. The zero-order valence-corrected chi connectivity index (χ0v) is 19.2. The third-order valence-corrected chi connectivity index (χ3v) is 5.73. The number of carbonyl (C=O) groups is 4. The predicted molar refractivity (Wildman–Crippen MR) is 126 cm³/mol. The Labute approximate surface area is 202 Å². The zero-order chi connectivity index (χ0) is 24.9. The summed E-state index contributed by atoms with van der Waals surface area (Å²) in [6.07, 6.45) is 0.0513. The zero-order valence-electron chi connectivity index (χ0n) is 19.2. The highest BCUT2D eigenvalue weighted by atomic mass is 16.5. The van der Waals surface area contributed by atoms with E-state index in [1.807, 2.05) is 6.07 Å². The predicted octanol–water partition coefficient (Wildman–Crippen LogP) is 3.34. The van der Waals surface area contributed by atoms with Crippen molar-refractivity contribution in [2.75, 3.05) is 20.8 Å². The van der Waals surface area contributed by atoms with Crippen molar-refractivity contribution < 1.29 is 33.4 Å². The van der Waals surface area contributed by atoms with Crippen molar-refractivity contribution in [3.05, 3.63) is 95.1 Å². The summed E-state index contributed by atoms with van der Waals surface area (Å²) in [6.45, 7) is -0.567. The van der Waals surface area contributed by atoms with Gasteiger partial charge >= 0.3 is 5.97 Å². The number of hydrogen-bond acceptors (Lipinski definition) is 7. The minimum atomic E-state index is -1.23. The topological polar surface area (TPSA) is 99.2 Å². The fourth-order valence-electron chi connectivity index (χ4n) is 3.93. The van der Waals surface area contributed by atoms with Crippen LogP contribution >= 0.6 is 0 Å². The molecule has 0 bridgehead atoms. The first-order valence-electron chi connectivity index (χ1n) is 10.9. The number of methoxy groups -OCH3 is 2. The van der Waals surface area contributed by atoms with Gasteiger partial charge in [0.1, 0.15) is 6.04 Å². The Morgan fingerprint density at radius 2 is 1.40 bits per heavy atom. The van der Waals surface area contributed by atoms with Crippen LogP contribution in [0, 0.1) is 0 Å². The second-order valence-corrected chi connectivity index (χ2v) is 7.83. The number of esters is 1. The number of amides is 2. The van der Waals surface area contributed by atoms with E-state index in [4.69, 9.17) is 14.2 Å². The van der Waals surface area contributed by atoms with Gasteiger partial charge in [-0.15, -0.1) is 0 Å². The first-order chi connectivity index (χ1) is 16.9. The van der Waals surface area contributed by atoms with Crippen LogP contribution in [0.1, 0.15) is 36.6 Å². The second kappa shape index (κ2) is 10.2. The Bertz CT molecular complexity index is 1250. The molecule has 2 amide bonds. The van der Waals surface area contributed by atoms with Gasteiger partial charge in [-0.25, -0.2) is 4.79 Å². The third kappa shape index (κ3) is 4.77. The molecule has 3 aromatic carbocycles. The van der Waals surface area contributed by atoms with Gasteiger partial charge in [-0.3, -0.25) is 19.3 Å². The molecule has 0 radical (unpaired) electrons. The summed E-state index contributed by atoms with van der Waals surface area (Å²) in [6, 6.07) is 18.7. The van der Waals surface area contributed by atoms with E-state index in [2.05, 4.69) is 0 Å². The molecule has 4 rings (SSSR count). The Morgan fingerprint density at radius 3 is 2.00 bits per heavy atom. The van der Waals surface area contributed by atoms with E-state index in [0.717, 1.165) is 10.5 Å². The van der Waals surface area contributed by atoms with E-state index in [1.54, 1.807) is 54.6 Å². The van der Waals surface area contributed by atoms with Gasteiger partial charge < -0.3 is 14.2 Å². The number of ketones is 1. The maximum Gasteiger partial charge on any atom is 0.330 e. The molecule has 178 valence electrons. The van der Waals surface area contributed by atoms with Gasteiger partial charge in [0.2, 0.25) is 0 Å². The monoisotopic (exact) mass is 473 g/mol. The van der Waals surface area contributed by atoms with Gasteiger partial charge in [-0.2, -0.15) is 0 Å². The SMILES string of the molecule is COc1ccc(C(=O)COC(=O)C(Cc2ccccc2)N2C(=O)c3ccccc3C2=O)cc1OC. The average Bonchev–Trinajstić information content (AvgIpc) is 3.15. The van der Waals surface area contributed by atoms with Crippen molar-refractivity contribution in [2.45, 2.75) is 12.5 Å². The number of hydrogen-bond donors (Lipinski definition) is 0. The van der Waals surface area contributed by atoms with Crippen LogP contribution in [0.4, 0.5) is 0 Å². The Morgan fingerprint density at radius 1 is 0.800 bits per heavy atom. The molecule has 1 unspecified atom stereocenters. The lowest BCUT2D eigenvalue weighted by atomic mass is 10.0. The van der Waals surface area contributed by atoms with Crippen LogP contribution in [-0.4, -0.2) is 55.3 Å². The van der Waals surface area contributed by atoms with Crippen molar-refractivity contribution >= 4 is 23.6 Å². The fraction of sp³-hybridized carbons (Fsp3) is 0.185. The van der Waals surface area contributed by atoms with E-state index in [-0.39, 0.29) is 23.1 Å². The molecule has 3 aromatic rings. The summed E-state index contributed by atoms with van der Waals surface area (Å²) < 4.78 is 15.7. The summed E-state index contributed by atoms with van der Waals surface area (Å²) in [5, 5.41) is 0. The summed E-state index contributed by atoms with van der Waals surface area (Å²) in [4.78, 5) is 52.9. The van der Waals surface area contributed by atoms with Crippen LogP contribution in [0.15, 0.2) is 72.8 Å². The molecule has 0 fully saturated rings. The summed E-state index contributed by atoms with van der Waals surface area (Å²) in [7, 11) is 2.93. The standard InChI is InChI=1S/C27H23NO7/c1-33-23-13-12-18(15-24(23)34-2)22(29)16-35-27(32)21(14-17-8-4-3-5-9-17)28-25(30)19-10-6-7-11-20(19)26(28)31/h3-13,15,21H,14,16H2,1-2H3. The van der Waals surface area contributed by atoms with Crippen molar-refractivity contribution in [3.63, 3.8) is 0 Å². The molecule has 1 aliphatic heterocycles. The van der Waals surface area contributed by atoms with Crippen LogP contribution in [0.25, 0.3) is 0 Å². The third-order valence-electron chi connectivity index (χ3n) is 5.73. The molecule has 35 heavy (non-hydrogen) atoms. The number of fused-ring (bicyclic) bond motifs is 1. The smallest absolute Gasteiger partial charge is 0.330 e. The molecular formula is C27H23NO7. The molecule has 1 atom stereocenters. The summed E-state index contributed by atoms with van der Waals surface area (Å²) in [5.41, 5.74) is 1.45. The first kappa shape index (κ1) is 23.7. The minimum absolute atomic E-state index is 0.0513. The maximum atomic E-state index is 13.2. The van der Waals surface area contributed by atoms with E-state index < -0.39 is 36.2 Å². The lowest BCUT2D eigenvalue weighted by Gasteiger charge is -2.24. The highest BCUT2D eigenvalue weighted by molar-refractivity contribution is 6.22. The van der Waals surface area contributed by atoms with Gasteiger partial charge in [0.25, 0.3) is 11.8 Å². The summed E-state index contributed by atoms with van der Waals surface area (Å²) >= 11 is 0. The first-order valence-corrected chi connectivity index (χ1v) is 10.9. The molecule has 0 spiro atoms. The van der Waals surface area contributed by atoms with Gasteiger partial charge in [0.15, 0.2) is 23.9 Å². The van der Waals surface area contributed by atoms with Gasteiger partial charge in [-0.05, 0) is 35.9 Å². The molecule has 8 nitrogen and oxygen atoms in total. The van der Waals surface area contributed by atoms with E-state index in [0.29, 0.717) is 11.5 Å². The van der Waals surface area contributed by atoms with Gasteiger partial charge in [0.05, 0.1) is 25.3 Å². The van der Waals surface area contributed by atoms with Crippen molar-refractivity contribution in [1.82, 2.24) is 4.90 Å². The van der Waals surface area contributed by atoms with Crippen molar-refractivity contribution in [1.29, 1.82) is 0 Å². The molecule has 0 aromatic heterocycles. The quantitative estimate of drug-likeness (QED) is 0.267. The number of rotatable bonds is 9. The molecule has 0 N–H and O–H groups in total. The lowest BCUT2D eigenvalue weighted by Crippen LogP contribution is -2.47. The number of imide groups is 1. The Kier molecular flexibility index (Phi) is 6.91. The van der Waals surface area contributed by atoms with E-state index in [9.17, 15) is 19.2 Å². The van der Waals surface area contributed by atoms with Crippen LogP contribution < -0.4 is 9.47 Å². The molecule has 1 heterocycles. The second-order valence-electron chi connectivity index (χ2n) is 7.83. The normalized spacial score (nSPS) is 13.3. The van der Waals surface area contributed by atoms with Crippen LogP contribution in [0.3, 0.4) is 0 Å². The summed E-state index contributed by atoms with van der Waals surface area (Å²) in [5.74, 6) is -1.66. The molecular weight excluding hydrogens is 450 g/mol. The number of benzene rings is 3. The highest BCUT2D eigenvalue weighted by Gasteiger charge is 2.43. The van der Waals surface area contributed by atoms with E-state index >= 15 is 0 Å². The van der Waals surface area contributed by atoms with Crippen molar-refractivity contribution in [2.24, 2.45) is 0 Å². The Hall–Kier alpha value is -4.46. The molecule has 0 saturated carbocycles. The van der Waals surface area contributed by atoms with E-state index in [1.165, 1.54) is 26.4 Å². The maximum absolute atomic E-state index is 13.2. The fourth-order valence-corrected chi connectivity index (χ4v) is 3.93. The molecule has 0 aliphatic carbocycles. The largest absolute Gasteiger partial charge is 0.493 e. The van der Waals surface area contributed by atoms with Gasteiger partial charge in [0, 0.05) is 12.0 Å². The molecule has 0 saturated heterocycles.